The molecule has 14 heavy (non-hydrogen) atoms. The molecule has 1 atom stereocenters. The molecular weight excluding hydrogens is 172 g/mol. The molecule has 0 aliphatic heterocycles. The largest absolute Gasteiger partial charge is 0.302 e. The van der Waals surface area contributed by atoms with Crippen molar-refractivity contribution in [3.63, 3.8) is 0 Å². The molecule has 0 saturated heterocycles. The molecule has 2 fully saturated rings. The van der Waals surface area contributed by atoms with Gasteiger partial charge in [-0.3, -0.25) is 0 Å². The minimum Gasteiger partial charge on any atom is -0.302 e. The molecule has 2 aliphatic carbocycles. The Morgan fingerprint density at radius 1 is 1.21 bits per heavy atom. The standard InChI is InChI=1S/C12H20N2/c13-8-9-14-11-4-7-12(10-11)5-2-1-3-6-12/h11,14H,1-7,9-10H2. The molecule has 2 rings (SSSR count). The molecule has 2 saturated carbocycles. The van der Waals surface area contributed by atoms with E-state index in [0.29, 0.717) is 18.0 Å². The van der Waals surface area contributed by atoms with Crippen LogP contribution in [0.1, 0.15) is 51.4 Å². The summed E-state index contributed by atoms with van der Waals surface area (Å²) in [4.78, 5) is 0. The maximum absolute atomic E-state index is 8.52. The van der Waals surface area contributed by atoms with Crippen molar-refractivity contribution in [2.75, 3.05) is 6.54 Å². The van der Waals surface area contributed by atoms with Crippen molar-refractivity contribution in [2.24, 2.45) is 5.41 Å². The zero-order valence-electron chi connectivity index (χ0n) is 8.89. The van der Waals surface area contributed by atoms with Crippen molar-refractivity contribution < 1.29 is 0 Å². The van der Waals surface area contributed by atoms with Crippen LogP contribution in [0.4, 0.5) is 0 Å². The topological polar surface area (TPSA) is 35.8 Å². The van der Waals surface area contributed by atoms with Crippen molar-refractivity contribution >= 4 is 0 Å². The Labute approximate surface area is 86.7 Å². The molecule has 0 radical (unpaired) electrons. The molecule has 1 unspecified atom stereocenters. The third-order valence-corrected chi connectivity index (χ3v) is 4.09. The van der Waals surface area contributed by atoms with Crippen LogP contribution in [0, 0.1) is 16.7 Å². The summed E-state index contributed by atoms with van der Waals surface area (Å²) in [6, 6.07) is 2.81. The number of nitrogens with one attached hydrogen (secondary N) is 1. The summed E-state index contributed by atoms with van der Waals surface area (Å²) in [5.41, 5.74) is 0.672. The van der Waals surface area contributed by atoms with Crippen LogP contribution in [0.15, 0.2) is 0 Å². The first kappa shape index (κ1) is 9.98. The van der Waals surface area contributed by atoms with E-state index < -0.39 is 0 Å². The summed E-state index contributed by atoms with van der Waals surface area (Å²) in [5, 5.41) is 11.9. The highest BCUT2D eigenvalue weighted by Gasteiger charge is 2.39. The fraction of sp³-hybridized carbons (Fsp3) is 0.917. The van der Waals surface area contributed by atoms with Crippen LogP contribution >= 0.6 is 0 Å². The highest BCUT2D eigenvalue weighted by atomic mass is 14.9. The molecular formula is C12H20N2. The van der Waals surface area contributed by atoms with Gasteiger partial charge < -0.3 is 5.32 Å². The van der Waals surface area contributed by atoms with Crippen LogP contribution in [0.25, 0.3) is 0 Å². The lowest BCUT2D eigenvalue weighted by Crippen LogP contribution is -2.29. The first-order valence-electron chi connectivity index (χ1n) is 5.95. The van der Waals surface area contributed by atoms with Gasteiger partial charge in [-0.15, -0.1) is 0 Å². The Bertz CT molecular complexity index is 223. The van der Waals surface area contributed by atoms with Crippen LogP contribution in [0.3, 0.4) is 0 Å². The van der Waals surface area contributed by atoms with Gasteiger partial charge in [-0.1, -0.05) is 19.3 Å². The molecule has 0 amide bonds. The van der Waals surface area contributed by atoms with Gasteiger partial charge in [0.1, 0.15) is 0 Å². The van der Waals surface area contributed by atoms with Gasteiger partial charge in [0, 0.05) is 6.04 Å². The Morgan fingerprint density at radius 2 is 2.00 bits per heavy atom. The van der Waals surface area contributed by atoms with E-state index in [4.69, 9.17) is 5.26 Å². The minimum atomic E-state index is 0.529. The SMILES string of the molecule is N#CCNC1CCC2(CCCCC2)C1. The number of nitriles is 1. The second-order valence-electron chi connectivity index (χ2n) is 5.04. The van der Waals surface area contributed by atoms with E-state index in [-0.39, 0.29) is 0 Å². The van der Waals surface area contributed by atoms with E-state index in [1.54, 1.807) is 0 Å². The van der Waals surface area contributed by atoms with Gasteiger partial charge >= 0.3 is 0 Å². The van der Waals surface area contributed by atoms with Gasteiger partial charge in [-0.25, -0.2) is 0 Å². The highest BCUT2D eigenvalue weighted by Crippen LogP contribution is 2.48. The van der Waals surface area contributed by atoms with Gasteiger partial charge in [0.25, 0.3) is 0 Å². The van der Waals surface area contributed by atoms with E-state index >= 15 is 0 Å². The third-order valence-electron chi connectivity index (χ3n) is 4.09. The Kier molecular flexibility index (Phi) is 3.08. The van der Waals surface area contributed by atoms with E-state index in [1.165, 1.54) is 51.4 Å². The molecule has 2 heteroatoms. The van der Waals surface area contributed by atoms with Crippen molar-refractivity contribution in [3.8, 4) is 6.07 Å². The lowest BCUT2D eigenvalue weighted by Gasteiger charge is -2.33. The number of hydrogen-bond donors (Lipinski definition) is 1. The first-order valence-corrected chi connectivity index (χ1v) is 5.95. The summed E-state index contributed by atoms with van der Waals surface area (Å²) in [5.74, 6) is 0. The molecule has 1 spiro atoms. The molecule has 78 valence electrons. The Hall–Kier alpha value is -0.550. The fourth-order valence-corrected chi connectivity index (χ4v) is 3.33. The Balaban J connectivity index is 1.83. The second-order valence-corrected chi connectivity index (χ2v) is 5.04. The van der Waals surface area contributed by atoms with Gasteiger partial charge in [0.2, 0.25) is 0 Å². The van der Waals surface area contributed by atoms with Crippen molar-refractivity contribution in [2.45, 2.75) is 57.4 Å². The number of nitrogens with zero attached hydrogens (tertiary/aromatic N) is 1. The Morgan fingerprint density at radius 3 is 2.71 bits per heavy atom. The highest BCUT2D eigenvalue weighted by molar-refractivity contribution is 4.94. The zero-order valence-corrected chi connectivity index (χ0v) is 8.89. The van der Waals surface area contributed by atoms with Gasteiger partial charge in [-0.05, 0) is 37.5 Å². The van der Waals surface area contributed by atoms with E-state index in [9.17, 15) is 0 Å². The maximum atomic E-state index is 8.52. The van der Waals surface area contributed by atoms with Crippen LogP contribution in [0.5, 0.6) is 0 Å². The van der Waals surface area contributed by atoms with Crippen LogP contribution in [-0.4, -0.2) is 12.6 Å². The van der Waals surface area contributed by atoms with Gasteiger partial charge in [0.05, 0.1) is 12.6 Å². The van der Waals surface area contributed by atoms with Gasteiger partial charge in [0.15, 0.2) is 0 Å². The molecule has 1 N–H and O–H groups in total. The predicted octanol–water partition coefficient (Wildman–Crippen LogP) is 2.60. The monoisotopic (exact) mass is 192 g/mol. The van der Waals surface area contributed by atoms with E-state index in [1.807, 2.05) is 0 Å². The summed E-state index contributed by atoms with van der Waals surface area (Å²) >= 11 is 0. The van der Waals surface area contributed by atoms with Crippen LogP contribution in [-0.2, 0) is 0 Å². The normalized spacial score (nSPS) is 30.4. The molecule has 2 aliphatic rings. The third kappa shape index (κ3) is 2.09. The zero-order chi connectivity index (χ0) is 9.86. The summed E-state index contributed by atoms with van der Waals surface area (Å²) in [6.07, 6.45) is 11.2. The molecule has 0 heterocycles. The maximum Gasteiger partial charge on any atom is 0.0843 e. The summed E-state index contributed by atoms with van der Waals surface area (Å²) in [7, 11) is 0. The minimum absolute atomic E-state index is 0.529. The predicted molar refractivity (Wildman–Crippen MR) is 56.8 cm³/mol. The second kappa shape index (κ2) is 4.31. The van der Waals surface area contributed by atoms with Crippen LogP contribution < -0.4 is 5.32 Å². The molecule has 0 bridgehead atoms. The average Bonchev–Trinajstić information content (AvgIpc) is 2.60. The lowest BCUT2D eigenvalue weighted by atomic mass is 9.73. The van der Waals surface area contributed by atoms with Crippen molar-refractivity contribution in [1.29, 1.82) is 5.26 Å². The smallest absolute Gasteiger partial charge is 0.0843 e. The van der Waals surface area contributed by atoms with E-state index in [0.717, 1.165) is 0 Å². The first-order chi connectivity index (χ1) is 6.85. The molecule has 0 aromatic heterocycles. The quantitative estimate of drug-likeness (QED) is 0.683. The summed E-state index contributed by atoms with van der Waals surface area (Å²) in [6.45, 7) is 0.529. The fourth-order valence-electron chi connectivity index (χ4n) is 3.33. The van der Waals surface area contributed by atoms with Crippen molar-refractivity contribution in [3.05, 3.63) is 0 Å². The molecule has 0 aromatic carbocycles. The average molecular weight is 192 g/mol. The summed E-state index contributed by atoms with van der Waals surface area (Å²) < 4.78 is 0. The number of rotatable bonds is 2. The van der Waals surface area contributed by atoms with Gasteiger partial charge in [-0.2, -0.15) is 5.26 Å². The molecule has 2 nitrogen and oxygen atoms in total. The van der Waals surface area contributed by atoms with Crippen molar-refractivity contribution in [1.82, 2.24) is 5.32 Å². The number of hydrogen-bond acceptors (Lipinski definition) is 2. The van der Waals surface area contributed by atoms with Crippen LogP contribution in [0.2, 0.25) is 0 Å². The lowest BCUT2D eigenvalue weighted by molar-refractivity contribution is 0.192. The molecule has 0 aromatic rings. The van der Waals surface area contributed by atoms with E-state index in [2.05, 4.69) is 11.4 Å².